The average Bonchev–Trinajstić information content (AvgIpc) is 2.48. The summed E-state index contributed by atoms with van der Waals surface area (Å²) in [6.45, 7) is 0. The van der Waals surface area contributed by atoms with E-state index in [0.717, 1.165) is 12.1 Å². The molecule has 0 aliphatic rings. The maximum atomic E-state index is 13.4. The van der Waals surface area contributed by atoms with Crippen LogP contribution < -0.4 is 4.74 Å². The molecule has 2 rings (SSSR count). The number of benzene rings is 2. The highest BCUT2D eigenvalue weighted by Crippen LogP contribution is 2.46. The highest BCUT2D eigenvalue weighted by Gasteiger charge is 2.30. The first-order chi connectivity index (χ1) is 10.8. The molecule has 1 N–H and O–H groups in total. The van der Waals surface area contributed by atoms with Crippen molar-refractivity contribution in [3.05, 3.63) is 65.3 Å². The van der Waals surface area contributed by atoms with Gasteiger partial charge in [0.1, 0.15) is 17.7 Å². The van der Waals surface area contributed by atoms with E-state index >= 15 is 0 Å². The van der Waals surface area contributed by atoms with Gasteiger partial charge in [0, 0.05) is 16.7 Å². The third-order valence-electron chi connectivity index (χ3n) is 3.12. The Morgan fingerprint density at radius 2 is 2.04 bits per heavy atom. The van der Waals surface area contributed by atoms with Crippen molar-refractivity contribution in [2.75, 3.05) is 7.11 Å². The van der Waals surface area contributed by atoms with Crippen LogP contribution in [0, 0.1) is 15.9 Å². The lowest BCUT2D eigenvalue weighted by molar-refractivity contribution is -0.386. The summed E-state index contributed by atoms with van der Waals surface area (Å²) in [6, 6.07) is 4.63. The summed E-state index contributed by atoms with van der Waals surface area (Å²) in [5, 5.41) is 22.0. The highest BCUT2D eigenvalue weighted by atomic mass is 79.9. The van der Waals surface area contributed by atoms with Crippen LogP contribution in [0.15, 0.2) is 33.2 Å². The normalized spacial score (nSPS) is 12.1. The highest BCUT2D eigenvalue weighted by molar-refractivity contribution is 9.11. The van der Waals surface area contributed by atoms with Crippen LogP contribution in [0.25, 0.3) is 0 Å². The molecule has 0 aromatic heterocycles. The van der Waals surface area contributed by atoms with Gasteiger partial charge in [-0.25, -0.2) is 4.39 Å². The molecule has 9 heteroatoms. The van der Waals surface area contributed by atoms with E-state index in [1.165, 1.54) is 19.2 Å². The monoisotopic (exact) mass is 467 g/mol. The number of aliphatic hydroxyl groups is 1. The van der Waals surface area contributed by atoms with Crippen LogP contribution in [-0.4, -0.2) is 17.1 Å². The van der Waals surface area contributed by atoms with Gasteiger partial charge in [0.15, 0.2) is 0 Å². The lowest BCUT2D eigenvalue weighted by Crippen LogP contribution is -2.07. The predicted octanol–water partition coefficient (Wildman–Crippen LogP) is 5.00. The minimum absolute atomic E-state index is 0.0137. The minimum atomic E-state index is -1.52. The van der Waals surface area contributed by atoms with Crippen LogP contribution in [0.2, 0.25) is 5.02 Å². The second kappa shape index (κ2) is 7.12. The second-order valence-corrected chi connectivity index (χ2v) is 6.52. The first-order valence-corrected chi connectivity index (χ1v) is 8.07. The van der Waals surface area contributed by atoms with Crippen molar-refractivity contribution in [2.24, 2.45) is 0 Å². The number of rotatable bonds is 4. The first kappa shape index (κ1) is 18.1. The van der Waals surface area contributed by atoms with Crippen LogP contribution in [0.4, 0.5) is 10.1 Å². The molecule has 0 saturated carbocycles. The van der Waals surface area contributed by atoms with E-state index in [2.05, 4.69) is 31.9 Å². The molecule has 0 amide bonds. The average molecular weight is 469 g/mol. The molecule has 0 aliphatic heterocycles. The molecular weight excluding hydrogens is 460 g/mol. The van der Waals surface area contributed by atoms with E-state index in [1.807, 2.05) is 0 Å². The Labute approximate surface area is 152 Å². The van der Waals surface area contributed by atoms with Crippen LogP contribution in [0.5, 0.6) is 5.75 Å². The van der Waals surface area contributed by atoms with Crippen molar-refractivity contribution < 1.29 is 19.2 Å². The molecule has 0 saturated heterocycles. The van der Waals surface area contributed by atoms with Gasteiger partial charge in [-0.2, -0.15) is 0 Å². The van der Waals surface area contributed by atoms with E-state index in [-0.39, 0.29) is 32.1 Å². The fourth-order valence-electron chi connectivity index (χ4n) is 2.08. The molecule has 0 spiro atoms. The number of aliphatic hydroxyl groups excluding tert-OH is 1. The molecule has 0 bridgehead atoms. The van der Waals surface area contributed by atoms with Crippen molar-refractivity contribution in [1.82, 2.24) is 0 Å². The summed E-state index contributed by atoms with van der Waals surface area (Å²) in [4.78, 5) is 10.7. The van der Waals surface area contributed by atoms with E-state index in [0.29, 0.717) is 4.47 Å². The van der Waals surface area contributed by atoms with Crippen LogP contribution >= 0.6 is 43.5 Å². The van der Waals surface area contributed by atoms with Gasteiger partial charge in [-0.05, 0) is 50.1 Å². The zero-order valence-electron chi connectivity index (χ0n) is 11.5. The van der Waals surface area contributed by atoms with Gasteiger partial charge in [-0.3, -0.25) is 10.1 Å². The summed E-state index contributed by atoms with van der Waals surface area (Å²) in [5.41, 5.74) is -0.431. The van der Waals surface area contributed by atoms with Crippen molar-refractivity contribution in [1.29, 1.82) is 0 Å². The van der Waals surface area contributed by atoms with Gasteiger partial charge in [0.25, 0.3) is 5.69 Å². The largest absolute Gasteiger partial charge is 0.494 e. The van der Waals surface area contributed by atoms with Crippen LogP contribution in [-0.2, 0) is 0 Å². The summed E-state index contributed by atoms with van der Waals surface area (Å²) < 4.78 is 19.1. The summed E-state index contributed by atoms with van der Waals surface area (Å²) >= 11 is 12.3. The summed E-state index contributed by atoms with van der Waals surface area (Å²) in [6.07, 6.45) is -1.52. The quantitative estimate of drug-likeness (QED) is 0.505. The molecule has 1 unspecified atom stereocenters. The number of nitrogens with zero attached hydrogens (tertiary/aromatic N) is 1. The zero-order chi connectivity index (χ0) is 17.3. The molecule has 0 heterocycles. The Bertz CT molecular complexity index is 788. The molecule has 122 valence electrons. The zero-order valence-corrected chi connectivity index (χ0v) is 15.4. The van der Waals surface area contributed by atoms with Gasteiger partial charge >= 0.3 is 0 Å². The molecule has 0 aliphatic carbocycles. The number of hydrogen-bond acceptors (Lipinski definition) is 4. The van der Waals surface area contributed by atoms with Gasteiger partial charge in [0.2, 0.25) is 0 Å². The molecular formula is C14H9Br2ClFNO4. The van der Waals surface area contributed by atoms with Crippen molar-refractivity contribution in [3.8, 4) is 5.75 Å². The lowest BCUT2D eigenvalue weighted by atomic mass is 9.99. The van der Waals surface area contributed by atoms with Crippen LogP contribution in [0.3, 0.4) is 0 Å². The van der Waals surface area contributed by atoms with E-state index < -0.39 is 16.8 Å². The van der Waals surface area contributed by atoms with E-state index in [4.69, 9.17) is 16.3 Å². The first-order valence-electron chi connectivity index (χ1n) is 6.11. The summed E-state index contributed by atoms with van der Waals surface area (Å²) in [7, 11) is 1.38. The number of nitro benzene ring substituents is 1. The van der Waals surface area contributed by atoms with Crippen molar-refractivity contribution in [3.63, 3.8) is 0 Å². The van der Waals surface area contributed by atoms with Crippen LogP contribution in [0.1, 0.15) is 17.2 Å². The summed E-state index contributed by atoms with van der Waals surface area (Å²) in [5.74, 6) is -0.358. The lowest BCUT2D eigenvalue weighted by Gasteiger charge is -2.17. The fourth-order valence-corrected chi connectivity index (χ4v) is 3.94. The molecule has 23 heavy (non-hydrogen) atoms. The van der Waals surface area contributed by atoms with Gasteiger partial charge in [-0.1, -0.05) is 11.6 Å². The maximum absolute atomic E-state index is 13.4. The standard InChI is InChI=1S/C14H9Br2ClFNO4/c1-23-14-8(15)5-10(19(21)22)11(12(14)16)13(20)7-4-6(18)2-3-9(7)17/h2-5,13,20H,1H3. The van der Waals surface area contributed by atoms with Gasteiger partial charge < -0.3 is 9.84 Å². The molecule has 0 radical (unpaired) electrons. The molecule has 1 atom stereocenters. The Balaban J connectivity index is 2.74. The number of hydrogen-bond donors (Lipinski definition) is 1. The molecule has 2 aromatic rings. The second-order valence-electron chi connectivity index (χ2n) is 4.46. The predicted molar refractivity (Wildman–Crippen MR) is 90.5 cm³/mol. The van der Waals surface area contributed by atoms with Gasteiger partial charge in [-0.15, -0.1) is 0 Å². The number of halogens is 4. The fraction of sp³-hybridized carbons (Fsp3) is 0.143. The topological polar surface area (TPSA) is 72.6 Å². The molecule has 2 aromatic carbocycles. The number of methoxy groups -OCH3 is 1. The third kappa shape index (κ3) is 3.50. The molecule has 0 fully saturated rings. The number of ether oxygens (including phenoxy) is 1. The Morgan fingerprint density at radius 1 is 1.39 bits per heavy atom. The number of nitro groups is 1. The Hall–Kier alpha value is -1.22. The Morgan fingerprint density at radius 3 is 2.61 bits per heavy atom. The maximum Gasteiger partial charge on any atom is 0.278 e. The van der Waals surface area contributed by atoms with Crippen molar-refractivity contribution >= 4 is 49.1 Å². The van der Waals surface area contributed by atoms with E-state index in [9.17, 15) is 19.6 Å². The third-order valence-corrected chi connectivity index (χ3v) is 4.84. The van der Waals surface area contributed by atoms with Gasteiger partial charge in [0.05, 0.1) is 26.5 Å². The minimum Gasteiger partial charge on any atom is -0.494 e. The van der Waals surface area contributed by atoms with Crippen molar-refractivity contribution in [2.45, 2.75) is 6.10 Å². The Kier molecular flexibility index (Phi) is 5.61. The van der Waals surface area contributed by atoms with E-state index in [1.54, 1.807) is 0 Å². The SMILES string of the molecule is COc1c(Br)cc([N+](=O)[O-])c(C(O)c2cc(F)ccc2Cl)c1Br. The molecule has 5 nitrogen and oxygen atoms in total. The smallest absolute Gasteiger partial charge is 0.278 e.